The lowest BCUT2D eigenvalue weighted by molar-refractivity contribution is -0.0992. The minimum atomic E-state index is -2.13. The zero-order valence-electron chi connectivity index (χ0n) is 22.9. The molecule has 2 aromatic carbocycles. The van der Waals surface area contributed by atoms with Gasteiger partial charge in [0.15, 0.2) is 16.6 Å². The first-order chi connectivity index (χ1) is 16.8. The number of ether oxygens (including phenoxy) is 2. The van der Waals surface area contributed by atoms with E-state index in [1.807, 2.05) is 26.0 Å². The Morgan fingerprint density at radius 3 is 1.17 bits per heavy atom. The quantitative estimate of drug-likeness (QED) is 0.212. The van der Waals surface area contributed by atoms with Crippen LogP contribution in [0.3, 0.4) is 0 Å². The molecule has 0 fully saturated rings. The molecule has 0 saturated heterocycles. The molecule has 36 heavy (non-hydrogen) atoms. The smallest absolute Gasteiger partial charge is 0.338 e. The molecule has 0 N–H and O–H groups in total. The van der Waals surface area contributed by atoms with Gasteiger partial charge >= 0.3 is 11.9 Å². The van der Waals surface area contributed by atoms with Crippen molar-refractivity contribution in [2.75, 3.05) is 0 Å². The van der Waals surface area contributed by atoms with Crippen LogP contribution in [-0.4, -0.2) is 53.0 Å². The van der Waals surface area contributed by atoms with Crippen molar-refractivity contribution in [2.24, 2.45) is 0 Å². The van der Waals surface area contributed by atoms with Gasteiger partial charge in [0.1, 0.15) is 24.4 Å². The Morgan fingerprint density at radius 2 is 0.917 bits per heavy atom. The Bertz CT molecular complexity index is 874. The monoisotopic (exact) mass is 530 g/mol. The fourth-order valence-corrected chi connectivity index (χ4v) is 6.06. The Hall–Kier alpha value is -2.27. The van der Waals surface area contributed by atoms with Crippen molar-refractivity contribution in [3.8, 4) is 0 Å². The lowest BCUT2D eigenvalue weighted by Gasteiger charge is -2.42. The largest absolute Gasteiger partial charge is 0.456 e. The molecule has 4 atom stereocenters. The van der Waals surface area contributed by atoms with E-state index in [0.717, 1.165) is 0 Å². The summed E-state index contributed by atoms with van der Waals surface area (Å²) in [4.78, 5) is 26.0. The average molecular weight is 531 g/mol. The summed E-state index contributed by atoms with van der Waals surface area (Å²) in [7, 11) is -4.25. The summed E-state index contributed by atoms with van der Waals surface area (Å²) < 4.78 is 25.4. The van der Waals surface area contributed by atoms with Crippen LogP contribution in [0.5, 0.6) is 0 Å². The first-order valence-corrected chi connectivity index (χ1v) is 19.5. The van der Waals surface area contributed by atoms with Crippen molar-refractivity contribution in [3.63, 3.8) is 0 Å². The van der Waals surface area contributed by atoms with Crippen molar-refractivity contribution in [3.05, 3.63) is 71.8 Å². The highest BCUT2D eigenvalue weighted by Crippen LogP contribution is 2.28. The van der Waals surface area contributed by atoms with Crippen molar-refractivity contribution in [1.29, 1.82) is 0 Å². The number of benzene rings is 2. The molecule has 2 aromatic rings. The molecule has 0 spiro atoms. The number of carbonyl (C=O) groups excluding carboxylic acids is 2. The first kappa shape index (κ1) is 30.0. The van der Waals surface area contributed by atoms with Gasteiger partial charge in [-0.05, 0) is 76.4 Å². The predicted octanol–water partition coefficient (Wildman–Crippen LogP) is 6.70. The van der Waals surface area contributed by atoms with Gasteiger partial charge in [-0.1, -0.05) is 50.2 Å². The number of hydrogen-bond acceptors (Lipinski definition) is 6. The van der Waals surface area contributed by atoms with E-state index in [2.05, 4.69) is 39.3 Å². The normalized spacial score (nSPS) is 15.4. The Balaban J connectivity index is 2.44. The second kappa shape index (κ2) is 13.3. The topological polar surface area (TPSA) is 71.1 Å². The highest BCUT2D eigenvalue weighted by atomic mass is 28.4. The Kier molecular flexibility index (Phi) is 11.1. The molecule has 0 unspecified atom stereocenters. The van der Waals surface area contributed by atoms with Gasteiger partial charge in [0, 0.05) is 0 Å². The fourth-order valence-electron chi connectivity index (χ4n) is 3.85. The van der Waals surface area contributed by atoms with E-state index in [1.54, 1.807) is 48.5 Å². The SMILES string of the molecule is CC[C@@H](OC(=O)c1ccccc1)[C@@H](O[Si](C)(C)C)[C@H](O[Si](C)(C)C)[C@@H](CC)OC(=O)c1ccccc1. The summed E-state index contributed by atoms with van der Waals surface area (Å²) in [5.41, 5.74) is 0.959. The maximum absolute atomic E-state index is 13.0. The van der Waals surface area contributed by atoms with E-state index in [0.29, 0.717) is 24.0 Å². The third kappa shape index (κ3) is 9.65. The highest BCUT2D eigenvalue weighted by Gasteiger charge is 2.43. The Labute approximate surface area is 218 Å². The maximum Gasteiger partial charge on any atom is 0.338 e. The minimum absolute atomic E-state index is 0.410. The van der Waals surface area contributed by atoms with Crippen LogP contribution in [0, 0.1) is 0 Å². The molecule has 0 bridgehead atoms. The number of rotatable bonds is 13. The average Bonchev–Trinajstić information content (AvgIpc) is 2.83. The van der Waals surface area contributed by atoms with Gasteiger partial charge in [-0.3, -0.25) is 0 Å². The molecule has 0 amide bonds. The first-order valence-electron chi connectivity index (χ1n) is 12.7. The van der Waals surface area contributed by atoms with Crippen LogP contribution in [0.15, 0.2) is 60.7 Å². The second-order valence-corrected chi connectivity index (χ2v) is 19.7. The maximum atomic E-state index is 13.0. The van der Waals surface area contributed by atoms with E-state index in [9.17, 15) is 9.59 Å². The number of esters is 2. The number of hydrogen-bond donors (Lipinski definition) is 0. The van der Waals surface area contributed by atoms with E-state index < -0.39 is 53.0 Å². The van der Waals surface area contributed by atoms with Gasteiger partial charge in [-0.25, -0.2) is 9.59 Å². The second-order valence-electron chi connectivity index (χ2n) is 10.8. The van der Waals surface area contributed by atoms with Crippen LogP contribution >= 0.6 is 0 Å². The molecule has 0 aliphatic rings. The van der Waals surface area contributed by atoms with Gasteiger partial charge in [0.05, 0.1) is 11.1 Å². The summed E-state index contributed by atoms with van der Waals surface area (Å²) in [5.74, 6) is -0.819. The third-order valence-electron chi connectivity index (χ3n) is 5.38. The summed E-state index contributed by atoms with van der Waals surface area (Å²) in [6, 6.07) is 17.9. The standard InChI is InChI=1S/C28H42O6Si2/c1-9-23(31-27(29)21-17-13-11-14-18-21)25(33-35(3,4)5)26(34-36(6,7)8)24(10-2)32-28(30)22-19-15-12-16-20-22/h11-20,23-26H,9-10H2,1-8H3/t23-,24-,25-,26-/m1/s1. The third-order valence-corrected chi connectivity index (χ3v) is 7.34. The van der Waals surface area contributed by atoms with Crippen LogP contribution in [0.2, 0.25) is 39.3 Å². The molecule has 198 valence electrons. The lowest BCUT2D eigenvalue weighted by atomic mass is 9.99. The molecule has 2 rings (SSSR count). The van der Waals surface area contributed by atoms with E-state index >= 15 is 0 Å². The van der Waals surface area contributed by atoms with E-state index in [-0.39, 0.29) is 0 Å². The van der Waals surface area contributed by atoms with E-state index in [1.165, 1.54) is 0 Å². The van der Waals surface area contributed by atoms with Crippen LogP contribution < -0.4 is 0 Å². The lowest BCUT2D eigenvalue weighted by Crippen LogP contribution is -2.56. The minimum Gasteiger partial charge on any atom is -0.456 e. The van der Waals surface area contributed by atoms with Crippen molar-refractivity contribution in [1.82, 2.24) is 0 Å². The van der Waals surface area contributed by atoms with Crippen molar-refractivity contribution >= 4 is 28.6 Å². The summed E-state index contributed by atoms with van der Waals surface area (Å²) in [6.07, 6.45) is -1.26. The van der Waals surface area contributed by atoms with Gasteiger partial charge in [-0.15, -0.1) is 0 Å². The molecule has 0 saturated carbocycles. The van der Waals surface area contributed by atoms with Crippen LogP contribution in [-0.2, 0) is 18.3 Å². The van der Waals surface area contributed by atoms with Crippen LogP contribution in [0.4, 0.5) is 0 Å². The molecule has 0 radical (unpaired) electrons. The van der Waals surface area contributed by atoms with Crippen molar-refractivity contribution < 1.29 is 27.9 Å². The summed E-state index contributed by atoms with van der Waals surface area (Å²) >= 11 is 0. The molecule has 0 aromatic heterocycles. The summed E-state index contributed by atoms with van der Waals surface area (Å²) in [5, 5.41) is 0. The highest BCUT2D eigenvalue weighted by molar-refractivity contribution is 6.70. The number of carbonyl (C=O) groups is 2. The predicted molar refractivity (Wildman–Crippen MR) is 148 cm³/mol. The zero-order chi connectivity index (χ0) is 26.9. The van der Waals surface area contributed by atoms with Crippen LogP contribution in [0.25, 0.3) is 0 Å². The zero-order valence-corrected chi connectivity index (χ0v) is 24.9. The molecule has 0 aliphatic carbocycles. The Morgan fingerprint density at radius 1 is 0.611 bits per heavy atom. The van der Waals surface area contributed by atoms with Crippen LogP contribution in [0.1, 0.15) is 47.4 Å². The molecule has 8 heteroatoms. The van der Waals surface area contributed by atoms with Gasteiger partial charge < -0.3 is 18.3 Å². The van der Waals surface area contributed by atoms with Crippen molar-refractivity contribution in [2.45, 2.75) is 90.4 Å². The fraction of sp³-hybridized carbons (Fsp3) is 0.500. The van der Waals surface area contributed by atoms with Gasteiger partial charge in [0.2, 0.25) is 0 Å². The van der Waals surface area contributed by atoms with E-state index in [4.69, 9.17) is 18.3 Å². The molecule has 0 aliphatic heterocycles. The van der Waals surface area contributed by atoms with Gasteiger partial charge in [-0.2, -0.15) is 0 Å². The van der Waals surface area contributed by atoms with Gasteiger partial charge in [0.25, 0.3) is 0 Å². The summed E-state index contributed by atoms with van der Waals surface area (Å²) in [6.45, 7) is 16.5. The molecule has 6 nitrogen and oxygen atoms in total. The molecule has 0 heterocycles. The molecular weight excluding hydrogens is 488 g/mol. The molecular formula is C28H42O6Si2.